The molecular weight excluding hydrogens is 234 g/mol. The van der Waals surface area contributed by atoms with Crippen molar-refractivity contribution >= 4 is 0 Å². The molecule has 1 N–H and O–H groups in total. The highest BCUT2D eigenvalue weighted by atomic mass is 16.5. The zero-order valence-corrected chi connectivity index (χ0v) is 13.6. The van der Waals surface area contributed by atoms with Crippen molar-refractivity contribution in [2.45, 2.75) is 90.7 Å². The molecule has 2 nitrogen and oxygen atoms in total. The van der Waals surface area contributed by atoms with E-state index in [4.69, 9.17) is 4.74 Å². The normalized spacial score (nSPS) is 27.9. The summed E-state index contributed by atoms with van der Waals surface area (Å²) in [7, 11) is 0. The molecule has 1 aliphatic rings. The molecule has 1 rings (SSSR count). The maximum absolute atomic E-state index is 6.33. The highest BCUT2D eigenvalue weighted by molar-refractivity contribution is 4.89. The fourth-order valence-electron chi connectivity index (χ4n) is 3.10. The smallest absolute Gasteiger partial charge is 0.0806 e. The third-order valence-corrected chi connectivity index (χ3v) is 4.45. The van der Waals surface area contributed by atoms with Gasteiger partial charge in [-0.05, 0) is 38.0 Å². The van der Waals surface area contributed by atoms with Gasteiger partial charge in [0.2, 0.25) is 0 Å². The van der Waals surface area contributed by atoms with Gasteiger partial charge in [-0.25, -0.2) is 0 Å². The van der Waals surface area contributed by atoms with Crippen molar-refractivity contribution in [1.82, 2.24) is 5.32 Å². The van der Waals surface area contributed by atoms with Gasteiger partial charge in [-0.1, -0.05) is 47.0 Å². The lowest BCUT2D eigenvalue weighted by Gasteiger charge is -2.41. The Morgan fingerprint density at radius 2 is 1.84 bits per heavy atom. The van der Waals surface area contributed by atoms with Crippen LogP contribution in [0.4, 0.5) is 0 Å². The Hall–Kier alpha value is -0.0800. The summed E-state index contributed by atoms with van der Waals surface area (Å²) in [4.78, 5) is 0. The van der Waals surface area contributed by atoms with Crippen LogP contribution in [0.2, 0.25) is 0 Å². The van der Waals surface area contributed by atoms with Gasteiger partial charge >= 0.3 is 0 Å². The van der Waals surface area contributed by atoms with Crippen LogP contribution in [0.3, 0.4) is 0 Å². The van der Waals surface area contributed by atoms with E-state index in [-0.39, 0.29) is 5.60 Å². The van der Waals surface area contributed by atoms with Crippen molar-refractivity contribution in [2.75, 3.05) is 13.2 Å². The van der Waals surface area contributed by atoms with Crippen LogP contribution < -0.4 is 5.32 Å². The van der Waals surface area contributed by atoms with Gasteiger partial charge in [0.25, 0.3) is 0 Å². The number of rotatable bonds is 9. The van der Waals surface area contributed by atoms with Crippen molar-refractivity contribution in [1.29, 1.82) is 0 Å². The Balaban J connectivity index is 2.46. The molecule has 0 bridgehead atoms. The highest BCUT2D eigenvalue weighted by Gasteiger charge is 2.35. The molecular formula is C17H35NO. The molecule has 0 aliphatic heterocycles. The summed E-state index contributed by atoms with van der Waals surface area (Å²) in [6.07, 6.45) is 10.4. The van der Waals surface area contributed by atoms with Gasteiger partial charge in [0.1, 0.15) is 0 Å². The maximum Gasteiger partial charge on any atom is 0.0806 e. The minimum absolute atomic E-state index is 0.129. The highest BCUT2D eigenvalue weighted by Crippen LogP contribution is 2.36. The third kappa shape index (κ3) is 6.27. The number of hydrogen-bond donors (Lipinski definition) is 1. The van der Waals surface area contributed by atoms with Gasteiger partial charge < -0.3 is 10.1 Å². The zero-order valence-electron chi connectivity index (χ0n) is 13.6. The zero-order chi connectivity index (χ0) is 14.1. The molecule has 1 fully saturated rings. The lowest BCUT2D eigenvalue weighted by Crippen LogP contribution is -2.47. The average molecular weight is 269 g/mol. The molecule has 0 unspecified atom stereocenters. The van der Waals surface area contributed by atoms with Gasteiger partial charge in [0.05, 0.1) is 5.60 Å². The summed E-state index contributed by atoms with van der Waals surface area (Å²) in [6.45, 7) is 11.0. The van der Waals surface area contributed by atoms with Crippen molar-refractivity contribution in [3.8, 4) is 0 Å². The lowest BCUT2D eigenvalue weighted by molar-refractivity contribution is -0.0786. The first-order valence-electron chi connectivity index (χ1n) is 8.49. The molecule has 0 saturated heterocycles. The van der Waals surface area contributed by atoms with Gasteiger partial charge in [-0.15, -0.1) is 0 Å². The van der Waals surface area contributed by atoms with Crippen molar-refractivity contribution in [3.05, 3.63) is 0 Å². The Morgan fingerprint density at radius 1 is 1.16 bits per heavy atom. The Labute approximate surface area is 120 Å². The molecule has 0 aromatic rings. The molecule has 0 amide bonds. The number of hydrogen-bond acceptors (Lipinski definition) is 2. The van der Waals surface area contributed by atoms with Gasteiger partial charge in [-0.2, -0.15) is 0 Å². The van der Waals surface area contributed by atoms with E-state index in [0.717, 1.165) is 19.1 Å². The van der Waals surface area contributed by atoms with Gasteiger partial charge in [0.15, 0.2) is 0 Å². The van der Waals surface area contributed by atoms with Crippen molar-refractivity contribution < 1.29 is 4.74 Å². The van der Waals surface area contributed by atoms with Crippen LogP contribution in [0.1, 0.15) is 79.1 Å². The van der Waals surface area contributed by atoms with Gasteiger partial charge in [0, 0.05) is 19.2 Å². The molecule has 114 valence electrons. The molecule has 0 aromatic heterocycles. The number of nitrogens with one attached hydrogen (secondary N) is 1. The first-order chi connectivity index (χ1) is 9.12. The van der Waals surface area contributed by atoms with E-state index in [2.05, 4.69) is 33.0 Å². The van der Waals surface area contributed by atoms with Crippen LogP contribution >= 0.6 is 0 Å². The molecule has 0 radical (unpaired) electrons. The topological polar surface area (TPSA) is 21.3 Å². The average Bonchev–Trinajstić information content (AvgIpc) is 2.40. The van der Waals surface area contributed by atoms with Crippen LogP contribution in [-0.2, 0) is 4.74 Å². The SMILES string of the molecule is CCCCOC1(CNC(C)C)CCC(CCC)CC1. The minimum atomic E-state index is 0.129. The summed E-state index contributed by atoms with van der Waals surface area (Å²) in [5.74, 6) is 0.951. The predicted octanol–water partition coefficient (Wildman–Crippen LogP) is 4.53. The summed E-state index contributed by atoms with van der Waals surface area (Å²) in [5, 5.41) is 3.60. The van der Waals surface area contributed by atoms with Crippen molar-refractivity contribution in [3.63, 3.8) is 0 Å². The largest absolute Gasteiger partial charge is 0.374 e. The molecule has 0 spiro atoms. The van der Waals surface area contributed by atoms with Crippen molar-refractivity contribution in [2.24, 2.45) is 5.92 Å². The summed E-state index contributed by atoms with van der Waals surface area (Å²) in [6, 6.07) is 0.556. The predicted molar refractivity (Wildman–Crippen MR) is 83.6 cm³/mol. The van der Waals surface area contributed by atoms with E-state index >= 15 is 0 Å². The van der Waals surface area contributed by atoms with E-state index in [0.29, 0.717) is 6.04 Å². The van der Waals surface area contributed by atoms with Crippen LogP contribution in [0.5, 0.6) is 0 Å². The fraction of sp³-hybridized carbons (Fsp3) is 1.00. The monoisotopic (exact) mass is 269 g/mol. The molecule has 0 heterocycles. The third-order valence-electron chi connectivity index (χ3n) is 4.45. The van der Waals surface area contributed by atoms with Gasteiger partial charge in [-0.3, -0.25) is 0 Å². The first kappa shape index (κ1) is 17.0. The molecule has 0 atom stereocenters. The second kappa shape index (κ2) is 8.97. The standard InChI is InChI=1S/C17H35NO/c1-5-7-13-19-17(14-18-15(3)4)11-9-16(8-6-2)10-12-17/h15-16,18H,5-14H2,1-4H3. The number of unbranched alkanes of at least 4 members (excludes halogenated alkanes) is 1. The van der Waals surface area contributed by atoms with E-state index < -0.39 is 0 Å². The van der Waals surface area contributed by atoms with Crippen LogP contribution in [0.25, 0.3) is 0 Å². The molecule has 2 heteroatoms. The fourth-order valence-corrected chi connectivity index (χ4v) is 3.10. The lowest BCUT2D eigenvalue weighted by atomic mass is 9.77. The minimum Gasteiger partial charge on any atom is -0.374 e. The van der Waals surface area contributed by atoms with Crippen LogP contribution in [-0.4, -0.2) is 24.8 Å². The summed E-state index contributed by atoms with van der Waals surface area (Å²) in [5.41, 5.74) is 0.129. The quantitative estimate of drug-likeness (QED) is 0.621. The Bertz CT molecular complexity index is 219. The second-order valence-electron chi connectivity index (χ2n) is 6.65. The Morgan fingerprint density at radius 3 is 2.37 bits per heavy atom. The van der Waals surface area contributed by atoms with Crippen LogP contribution in [0.15, 0.2) is 0 Å². The number of ether oxygens (including phenoxy) is 1. The Kier molecular flexibility index (Phi) is 8.01. The second-order valence-corrected chi connectivity index (χ2v) is 6.65. The van der Waals surface area contributed by atoms with E-state index in [1.807, 2.05) is 0 Å². The first-order valence-corrected chi connectivity index (χ1v) is 8.49. The molecule has 19 heavy (non-hydrogen) atoms. The molecule has 1 aliphatic carbocycles. The van der Waals surface area contributed by atoms with Crippen LogP contribution in [0, 0.1) is 5.92 Å². The maximum atomic E-state index is 6.33. The molecule has 0 aromatic carbocycles. The van der Waals surface area contributed by atoms with E-state index in [1.54, 1.807) is 0 Å². The summed E-state index contributed by atoms with van der Waals surface area (Å²) < 4.78 is 6.33. The van der Waals surface area contributed by atoms with E-state index in [9.17, 15) is 0 Å². The summed E-state index contributed by atoms with van der Waals surface area (Å²) >= 11 is 0. The molecule has 1 saturated carbocycles. The van der Waals surface area contributed by atoms with E-state index in [1.165, 1.54) is 51.4 Å².